The number of benzene rings is 2. The fourth-order valence-corrected chi connectivity index (χ4v) is 2.59. The van der Waals surface area contributed by atoms with E-state index >= 15 is 0 Å². The van der Waals surface area contributed by atoms with Crippen molar-refractivity contribution in [3.8, 4) is 16.9 Å². The van der Waals surface area contributed by atoms with Gasteiger partial charge in [0.2, 0.25) is 0 Å². The Morgan fingerprint density at radius 3 is 2.54 bits per heavy atom. The molecule has 0 N–H and O–H groups in total. The van der Waals surface area contributed by atoms with Gasteiger partial charge in [-0.2, -0.15) is 0 Å². The molecular weight excluding hydrogens is 328 g/mol. The van der Waals surface area contributed by atoms with Crippen molar-refractivity contribution in [2.24, 2.45) is 0 Å². The number of rotatable bonds is 4. The summed E-state index contributed by atoms with van der Waals surface area (Å²) < 4.78 is 10.8. The second-order valence-corrected chi connectivity index (χ2v) is 5.90. The van der Waals surface area contributed by atoms with Crippen molar-refractivity contribution in [2.45, 2.75) is 20.0 Å². The van der Waals surface area contributed by atoms with Gasteiger partial charge in [0.05, 0.1) is 5.02 Å². The molecule has 0 aliphatic carbocycles. The van der Waals surface area contributed by atoms with E-state index in [1.807, 2.05) is 30.3 Å². The molecule has 122 valence electrons. The molecule has 2 aromatic carbocycles. The Hall–Kier alpha value is -2.59. The van der Waals surface area contributed by atoms with Gasteiger partial charge in [0.1, 0.15) is 11.3 Å². The van der Waals surface area contributed by atoms with Crippen LogP contribution in [0.3, 0.4) is 0 Å². The number of carbonyl (C=O) groups excluding carboxylic acids is 1. The number of Topliss-reactive ketones (excluding diaryl/α,β-unsaturated/α-hetero) is 1. The van der Waals surface area contributed by atoms with Crippen LogP contribution in [0.25, 0.3) is 22.1 Å². The molecule has 0 fully saturated rings. The molecule has 0 aliphatic heterocycles. The van der Waals surface area contributed by atoms with Gasteiger partial charge in [0.25, 0.3) is 0 Å². The van der Waals surface area contributed by atoms with Gasteiger partial charge < -0.3 is 9.15 Å². The van der Waals surface area contributed by atoms with Gasteiger partial charge in [0.15, 0.2) is 11.9 Å². The minimum absolute atomic E-state index is 0.120. The van der Waals surface area contributed by atoms with E-state index in [9.17, 15) is 9.59 Å². The number of carbonyl (C=O) groups is 1. The highest BCUT2D eigenvalue weighted by Gasteiger charge is 2.15. The lowest BCUT2D eigenvalue weighted by Gasteiger charge is -2.14. The summed E-state index contributed by atoms with van der Waals surface area (Å²) in [5.74, 6) is 0.186. The Morgan fingerprint density at radius 1 is 1.17 bits per heavy atom. The lowest BCUT2D eigenvalue weighted by atomic mass is 10.0. The third kappa shape index (κ3) is 3.19. The summed E-state index contributed by atoms with van der Waals surface area (Å²) >= 11 is 6.30. The Morgan fingerprint density at radius 2 is 1.88 bits per heavy atom. The first-order valence-corrected chi connectivity index (χ1v) is 7.83. The van der Waals surface area contributed by atoms with Crippen LogP contribution in [-0.2, 0) is 4.79 Å². The number of hydrogen-bond acceptors (Lipinski definition) is 4. The third-order valence-corrected chi connectivity index (χ3v) is 4.05. The minimum atomic E-state index is -0.635. The third-order valence-electron chi connectivity index (χ3n) is 3.76. The van der Waals surface area contributed by atoms with Gasteiger partial charge in [-0.1, -0.05) is 41.9 Å². The van der Waals surface area contributed by atoms with Crippen LogP contribution in [0.4, 0.5) is 0 Å². The lowest BCUT2D eigenvalue weighted by Crippen LogP contribution is -2.20. The predicted molar refractivity (Wildman–Crippen MR) is 93.7 cm³/mol. The first-order chi connectivity index (χ1) is 11.5. The molecule has 3 rings (SSSR count). The maximum atomic E-state index is 11.9. The molecule has 1 unspecified atom stereocenters. The molecule has 1 heterocycles. The highest BCUT2D eigenvalue weighted by Crippen LogP contribution is 2.35. The molecule has 24 heavy (non-hydrogen) atoms. The van der Waals surface area contributed by atoms with Crippen LogP contribution in [0.15, 0.2) is 57.7 Å². The molecule has 4 nitrogen and oxygen atoms in total. The average molecular weight is 343 g/mol. The van der Waals surface area contributed by atoms with Crippen molar-refractivity contribution in [1.29, 1.82) is 0 Å². The van der Waals surface area contributed by atoms with Gasteiger partial charge in [-0.3, -0.25) is 4.79 Å². The molecule has 0 bridgehead atoms. The van der Waals surface area contributed by atoms with Gasteiger partial charge in [-0.05, 0) is 31.0 Å². The molecule has 0 aliphatic rings. The van der Waals surface area contributed by atoms with E-state index in [0.29, 0.717) is 21.7 Å². The van der Waals surface area contributed by atoms with Crippen LogP contribution < -0.4 is 10.4 Å². The van der Waals surface area contributed by atoms with Crippen molar-refractivity contribution in [2.75, 3.05) is 0 Å². The normalized spacial score (nSPS) is 12.1. The van der Waals surface area contributed by atoms with Crippen molar-refractivity contribution in [1.82, 2.24) is 0 Å². The van der Waals surface area contributed by atoms with E-state index in [1.54, 1.807) is 19.1 Å². The molecule has 0 amide bonds. The minimum Gasteiger partial charge on any atom is -0.481 e. The summed E-state index contributed by atoms with van der Waals surface area (Å²) in [5, 5.41) is 1.05. The molecule has 5 heteroatoms. The van der Waals surface area contributed by atoms with Crippen molar-refractivity contribution in [3.63, 3.8) is 0 Å². The van der Waals surface area contributed by atoms with Gasteiger partial charge >= 0.3 is 5.63 Å². The Labute approximate surface area is 143 Å². The Kier molecular flexibility index (Phi) is 4.40. The van der Waals surface area contributed by atoms with Gasteiger partial charge in [-0.15, -0.1) is 0 Å². The Balaban J connectivity index is 2.18. The molecular formula is C19H15ClO4. The lowest BCUT2D eigenvalue weighted by molar-refractivity contribution is -0.122. The zero-order valence-electron chi connectivity index (χ0n) is 13.2. The fourth-order valence-electron chi connectivity index (χ4n) is 2.38. The number of fused-ring (bicyclic) bond motifs is 1. The summed E-state index contributed by atoms with van der Waals surface area (Å²) in [6.07, 6.45) is -0.635. The SMILES string of the molecule is CC(=O)C(C)Oc1cc2oc(=O)cc(-c3ccccc3)c2cc1Cl. The van der Waals surface area contributed by atoms with E-state index in [4.69, 9.17) is 20.8 Å². The Bertz CT molecular complexity index is 960. The maximum absolute atomic E-state index is 11.9. The predicted octanol–water partition coefficient (Wildman–Crippen LogP) is 4.47. The summed E-state index contributed by atoms with van der Waals surface area (Å²) in [4.78, 5) is 23.3. The number of ether oxygens (including phenoxy) is 1. The molecule has 0 spiro atoms. The van der Waals surface area contributed by atoms with E-state index < -0.39 is 11.7 Å². The van der Waals surface area contributed by atoms with Crippen molar-refractivity contribution < 1.29 is 13.9 Å². The molecule has 1 atom stereocenters. The molecule has 0 saturated carbocycles. The summed E-state index contributed by atoms with van der Waals surface area (Å²) in [6.45, 7) is 3.08. The van der Waals surface area contributed by atoms with E-state index in [1.165, 1.54) is 13.0 Å². The zero-order chi connectivity index (χ0) is 17.3. The maximum Gasteiger partial charge on any atom is 0.336 e. The van der Waals surface area contributed by atoms with Crippen LogP contribution in [0, 0.1) is 0 Å². The first-order valence-electron chi connectivity index (χ1n) is 7.45. The van der Waals surface area contributed by atoms with E-state index in [-0.39, 0.29) is 5.78 Å². The van der Waals surface area contributed by atoms with Crippen molar-refractivity contribution >= 4 is 28.4 Å². The summed E-state index contributed by atoms with van der Waals surface area (Å²) in [5.41, 5.74) is 1.51. The van der Waals surface area contributed by atoms with Crippen LogP contribution in [-0.4, -0.2) is 11.9 Å². The summed E-state index contributed by atoms with van der Waals surface area (Å²) in [6, 6.07) is 14.2. The van der Waals surface area contributed by atoms with Crippen LogP contribution >= 0.6 is 11.6 Å². The van der Waals surface area contributed by atoms with Crippen LogP contribution in [0.1, 0.15) is 13.8 Å². The van der Waals surface area contributed by atoms with Gasteiger partial charge in [0, 0.05) is 17.5 Å². The zero-order valence-corrected chi connectivity index (χ0v) is 14.0. The standard InChI is InChI=1S/C19H15ClO4/c1-11(21)12(2)23-18-10-17-15(8-16(18)20)14(9-19(22)24-17)13-6-4-3-5-7-13/h3-10,12H,1-2H3. The van der Waals surface area contributed by atoms with E-state index in [0.717, 1.165) is 11.1 Å². The highest BCUT2D eigenvalue weighted by atomic mass is 35.5. The highest BCUT2D eigenvalue weighted by molar-refractivity contribution is 6.33. The van der Waals surface area contributed by atoms with E-state index in [2.05, 4.69) is 0 Å². The van der Waals surface area contributed by atoms with Gasteiger partial charge in [-0.25, -0.2) is 4.79 Å². The summed E-state index contributed by atoms with van der Waals surface area (Å²) in [7, 11) is 0. The number of halogens is 1. The number of hydrogen-bond donors (Lipinski definition) is 0. The van der Waals surface area contributed by atoms with Crippen LogP contribution in [0.5, 0.6) is 5.75 Å². The number of ketones is 1. The second-order valence-electron chi connectivity index (χ2n) is 5.49. The average Bonchev–Trinajstić information content (AvgIpc) is 2.56. The molecule has 0 radical (unpaired) electrons. The quantitative estimate of drug-likeness (QED) is 0.656. The monoisotopic (exact) mass is 342 g/mol. The second kappa shape index (κ2) is 6.49. The molecule has 0 saturated heterocycles. The first kappa shape index (κ1) is 16.3. The van der Waals surface area contributed by atoms with Crippen molar-refractivity contribution in [3.05, 3.63) is 64.0 Å². The smallest absolute Gasteiger partial charge is 0.336 e. The fraction of sp³-hybridized carbons (Fsp3) is 0.158. The largest absolute Gasteiger partial charge is 0.481 e. The molecule has 1 aromatic heterocycles. The van der Waals surface area contributed by atoms with Crippen LogP contribution in [0.2, 0.25) is 5.02 Å². The molecule has 3 aromatic rings. The topological polar surface area (TPSA) is 56.5 Å².